The molecule has 1 N–H and O–H groups in total. The molecule has 2 aromatic rings. The molecule has 0 aliphatic rings. The van der Waals surface area contributed by atoms with E-state index in [0.717, 1.165) is 11.3 Å². The molecule has 0 bridgehead atoms. The highest BCUT2D eigenvalue weighted by Crippen LogP contribution is 2.10. The molecular formula is C8H8N4S. The van der Waals surface area contributed by atoms with Crippen molar-refractivity contribution in [2.75, 3.05) is 0 Å². The minimum Gasteiger partial charge on any atom is -0.273 e. The lowest BCUT2D eigenvalue weighted by atomic mass is 10.2. The van der Waals surface area contributed by atoms with Gasteiger partial charge in [0.2, 0.25) is 0 Å². The van der Waals surface area contributed by atoms with E-state index >= 15 is 0 Å². The molecule has 66 valence electrons. The first-order valence-electron chi connectivity index (χ1n) is 3.82. The van der Waals surface area contributed by atoms with Crippen molar-refractivity contribution in [3.05, 3.63) is 35.1 Å². The highest BCUT2D eigenvalue weighted by molar-refractivity contribution is 7.71. The molecule has 4 nitrogen and oxygen atoms in total. The number of aromatic nitrogens is 4. The van der Waals surface area contributed by atoms with Crippen LogP contribution in [0.5, 0.6) is 0 Å². The highest BCUT2D eigenvalue weighted by atomic mass is 32.1. The van der Waals surface area contributed by atoms with Gasteiger partial charge < -0.3 is 0 Å². The molecule has 0 saturated heterocycles. The van der Waals surface area contributed by atoms with E-state index in [-0.39, 0.29) is 0 Å². The summed E-state index contributed by atoms with van der Waals surface area (Å²) in [6.07, 6.45) is 5.16. The first-order chi connectivity index (χ1) is 6.29. The molecule has 0 unspecified atom stereocenters. The second-order valence-corrected chi connectivity index (χ2v) is 3.08. The van der Waals surface area contributed by atoms with Crippen LogP contribution in [-0.4, -0.2) is 19.7 Å². The summed E-state index contributed by atoms with van der Waals surface area (Å²) in [5.41, 5.74) is 2.08. The van der Waals surface area contributed by atoms with Gasteiger partial charge in [0.05, 0.1) is 11.9 Å². The summed E-state index contributed by atoms with van der Waals surface area (Å²) >= 11 is 5.04. The summed E-state index contributed by atoms with van der Waals surface area (Å²) in [5, 5.41) is 6.54. The fourth-order valence-electron chi connectivity index (χ4n) is 1.13. The Kier molecular flexibility index (Phi) is 1.94. The SMILES string of the molecule is Cc1ccncc1-n1cn[nH]c1=S. The Bertz CT molecular complexity index is 471. The van der Waals surface area contributed by atoms with Crippen LogP contribution in [0.25, 0.3) is 5.69 Å². The van der Waals surface area contributed by atoms with Crippen LogP contribution >= 0.6 is 12.2 Å². The zero-order valence-corrected chi connectivity index (χ0v) is 7.88. The van der Waals surface area contributed by atoms with Gasteiger partial charge in [-0.2, -0.15) is 5.10 Å². The monoisotopic (exact) mass is 192 g/mol. The van der Waals surface area contributed by atoms with E-state index in [0.29, 0.717) is 4.77 Å². The molecule has 0 aliphatic heterocycles. The quantitative estimate of drug-likeness (QED) is 0.698. The van der Waals surface area contributed by atoms with Gasteiger partial charge in [-0.1, -0.05) is 0 Å². The second kappa shape index (κ2) is 3.10. The van der Waals surface area contributed by atoms with Gasteiger partial charge in [-0.3, -0.25) is 14.6 Å². The molecule has 0 radical (unpaired) electrons. The maximum atomic E-state index is 5.04. The largest absolute Gasteiger partial charge is 0.273 e. The summed E-state index contributed by atoms with van der Waals surface area (Å²) in [6.45, 7) is 2.01. The summed E-state index contributed by atoms with van der Waals surface area (Å²) in [6, 6.07) is 1.93. The van der Waals surface area contributed by atoms with Crippen molar-refractivity contribution in [1.29, 1.82) is 0 Å². The number of nitrogens with one attached hydrogen (secondary N) is 1. The number of H-pyrrole nitrogens is 1. The van der Waals surface area contributed by atoms with Crippen LogP contribution in [0.2, 0.25) is 0 Å². The van der Waals surface area contributed by atoms with Crippen molar-refractivity contribution in [2.45, 2.75) is 6.92 Å². The van der Waals surface area contributed by atoms with E-state index in [1.807, 2.05) is 13.0 Å². The number of aromatic amines is 1. The van der Waals surface area contributed by atoms with Crippen molar-refractivity contribution in [2.24, 2.45) is 0 Å². The van der Waals surface area contributed by atoms with Crippen molar-refractivity contribution in [3.8, 4) is 5.69 Å². The van der Waals surface area contributed by atoms with Crippen molar-refractivity contribution in [1.82, 2.24) is 19.7 Å². The topological polar surface area (TPSA) is 46.5 Å². The Morgan fingerprint density at radius 2 is 2.38 bits per heavy atom. The van der Waals surface area contributed by atoms with Crippen LogP contribution < -0.4 is 0 Å². The molecule has 13 heavy (non-hydrogen) atoms. The summed E-state index contributed by atoms with van der Waals surface area (Å²) in [5.74, 6) is 0. The number of aryl methyl sites for hydroxylation is 1. The van der Waals surface area contributed by atoms with Crippen LogP contribution in [0.4, 0.5) is 0 Å². The van der Waals surface area contributed by atoms with Crippen LogP contribution in [0.3, 0.4) is 0 Å². The molecule has 0 aromatic carbocycles. The Morgan fingerprint density at radius 1 is 1.54 bits per heavy atom. The standard InChI is InChI=1S/C8H8N4S/c1-6-2-3-9-4-7(6)12-5-10-11-8(12)13/h2-5H,1H3,(H,11,13). The maximum Gasteiger partial charge on any atom is 0.199 e. The molecule has 0 aliphatic carbocycles. The molecule has 0 fully saturated rings. The van der Waals surface area contributed by atoms with Gasteiger partial charge in [-0.25, -0.2) is 0 Å². The number of hydrogen-bond donors (Lipinski definition) is 1. The summed E-state index contributed by atoms with van der Waals surface area (Å²) in [4.78, 5) is 4.03. The van der Waals surface area contributed by atoms with Gasteiger partial charge in [0, 0.05) is 6.20 Å². The zero-order valence-electron chi connectivity index (χ0n) is 7.06. The third kappa shape index (κ3) is 1.38. The van der Waals surface area contributed by atoms with Gasteiger partial charge in [0.1, 0.15) is 6.33 Å². The molecule has 0 spiro atoms. The average Bonchev–Trinajstić information content (AvgIpc) is 2.52. The van der Waals surface area contributed by atoms with E-state index in [4.69, 9.17) is 12.2 Å². The van der Waals surface area contributed by atoms with Gasteiger partial charge in [0.25, 0.3) is 0 Å². The van der Waals surface area contributed by atoms with Gasteiger partial charge >= 0.3 is 0 Å². The van der Waals surface area contributed by atoms with Gasteiger partial charge in [-0.15, -0.1) is 0 Å². The average molecular weight is 192 g/mol. The smallest absolute Gasteiger partial charge is 0.199 e. The molecule has 0 atom stereocenters. The van der Waals surface area contributed by atoms with E-state index in [9.17, 15) is 0 Å². The number of pyridine rings is 1. The Labute approximate surface area is 80.3 Å². The predicted octanol–water partition coefficient (Wildman–Crippen LogP) is 1.63. The first-order valence-corrected chi connectivity index (χ1v) is 4.23. The fourth-order valence-corrected chi connectivity index (χ4v) is 1.33. The van der Waals surface area contributed by atoms with Crippen molar-refractivity contribution in [3.63, 3.8) is 0 Å². The van der Waals surface area contributed by atoms with Crippen molar-refractivity contribution >= 4 is 12.2 Å². The van der Waals surface area contributed by atoms with Gasteiger partial charge in [-0.05, 0) is 30.8 Å². The number of rotatable bonds is 1. The molecule has 5 heteroatoms. The Hall–Kier alpha value is -1.49. The zero-order chi connectivity index (χ0) is 9.26. The molecule has 0 saturated carbocycles. The Morgan fingerprint density at radius 3 is 3.00 bits per heavy atom. The fraction of sp³-hybridized carbons (Fsp3) is 0.125. The lowest BCUT2D eigenvalue weighted by Gasteiger charge is -2.03. The van der Waals surface area contributed by atoms with E-state index in [1.54, 1.807) is 23.3 Å². The van der Waals surface area contributed by atoms with E-state index in [1.165, 1.54) is 0 Å². The summed E-state index contributed by atoms with van der Waals surface area (Å²) in [7, 11) is 0. The minimum absolute atomic E-state index is 0.580. The van der Waals surface area contributed by atoms with Crippen LogP contribution in [0.15, 0.2) is 24.8 Å². The van der Waals surface area contributed by atoms with E-state index < -0.39 is 0 Å². The maximum absolute atomic E-state index is 5.04. The van der Waals surface area contributed by atoms with Gasteiger partial charge in [0.15, 0.2) is 4.77 Å². The number of nitrogens with zero attached hydrogens (tertiary/aromatic N) is 3. The van der Waals surface area contributed by atoms with Crippen LogP contribution in [0.1, 0.15) is 5.56 Å². The Balaban J connectivity index is 2.66. The van der Waals surface area contributed by atoms with E-state index in [2.05, 4.69) is 15.2 Å². The molecule has 2 heterocycles. The van der Waals surface area contributed by atoms with Crippen molar-refractivity contribution < 1.29 is 0 Å². The highest BCUT2D eigenvalue weighted by Gasteiger charge is 2.00. The van der Waals surface area contributed by atoms with Crippen LogP contribution in [0, 0.1) is 11.7 Å². The third-order valence-corrected chi connectivity index (χ3v) is 2.11. The minimum atomic E-state index is 0.580. The third-order valence-electron chi connectivity index (χ3n) is 1.82. The molecule has 2 aromatic heterocycles. The molecular weight excluding hydrogens is 184 g/mol. The first kappa shape index (κ1) is 8.12. The normalized spacial score (nSPS) is 10.2. The lowest BCUT2D eigenvalue weighted by molar-refractivity contribution is 1.00. The van der Waals surface area contributed by atoms with Crippen LogP contribution in [-0.2, 0) is 0 Å². The molecule has 2 rings (SSSR count). The summed E-state index contributed by atoms with van der Waals surface area (Å²) < 4.78 is 2.37. The molecule has 0 amide bonds. The number of hydrogen-bond acceptors (Lipinski definition) is 3. The second-order valence-electron chi connectivity index (χ2n) is 2.69. The lowest BCUT2D eigenvalue weighted by Crippen LogP contribution is -1.95. The predicted molar refractivity (Wildman–Crippen MR) is 51.3 cm³/mol.